The SMILES string of the molecule is CC1(C)CCN(CCC(N)CO)C1. The van der Waals surface area contributed by atoms with E-state index in [9.17, 15) is 0 Å². The van der Waals surface area contributed by atoms with Gasteiger partial charge in [-0.05, 0) is 31.3 Å². The first kappa shape index (κ1) is 11.0. The van der Waals surface area contributed by atoms with E-state index in [1.807, 2.05) is 0 Å². The Labute approximate surface area is 80.9 Å². The summed E-state index contributed by atoms with van der Waals surface area (Å²) in [6.45, 7) is 8.11. The van der Waals surface area contributed by atoms with Gasteiger partial charge in [0.25, 0.3) is 0 Å². The molecule has 1 unspecified atom stereocenters. The van der Waals surface area contributed by atoms with Crippen LogP contribution in [0.25, 0.3) is 0 Å². The molecule has 0 radical (unpaired) electrons. The van der Waals surface area contributed by atoms with E-state index in [1.165, 1.54) is 19.5 Å². The van der Waals surface area contributed by atoms with Crippen LogP contribution in [-0.4, -0.2) is 42.3 Å². The highest BCUT2D eigenvalue weighted by Crippen LogP contribution is 2.28. The van der Waals surface area contributed by atoms with Crippen LogP contribution in [0.3, 0.4) is 0 Å². The van der Waals surface area contributed by atoms with Crippen LogP contribution in [0.4, 0.5) is 0 Å². The molecule has 0 spiro atoms. The molecule has 1 saturated heterocycles. The van der Waals surface area contributed by atoms with Crippen LogP contribution in [-0.2, 0) is 0 Å². The van der Waals surface area contributed by atoms with Gasteiger partial charge >= 0.3 is 0 Å². The lowest BCUT2D eigenvalue weighted by Gasteiger charge is -2.20. The Morgan fingerprint density at radius 1 is 1.54 bits per heavy atom. The molecule has 1 rings (SSSR count). The standard InChI is InChI=1S/C10H22N2O/c1-10(2)4-6-12(8-10)5-3-9(11)7-13/h9,13H,3-8,11H2,1-2H3. The number of aliphatic hydroxyl groups is 1. The summed E-state index contributed by atoms with van der Waals surface area (Å²) >= 11 is 0. The normalized spacial score (nSPS) is 24.9. The Kier molecular flexibility index (Phi) is 3.71. The summed E-state index contributed by atoms with van der Waals surface area (Å²) in [5, 5.41) is 8.77. The van der Waals surface area contributed by atoms with Crippen molar-refractivity contribution in [2.75, 3.05) is 26.2 Å². The minimum atomic E-state index is -0.0382. The van der Waals surface area contributed by atoms with Crippen LogP contribution in [0.2, 0.25) is 0 Å². The van der Waals surface area contributed by atoms with Crippen LogP contribution in [0.5, 0.6) is 0 Å². The van der Waals surface area contributed by atoms with E-state index in [-0.39, 0.29) is 12.6 Å². The van der Waals surface area contributed by atoms with Crippen LogP contribution in [0, 0.1) is 5.41 Å². The van der Waals surface area contributed by atoms with Gasteiger partial charge in [0.1, 0.15) is 0 Å². The first-order chi connectivity index (χ1) is 6.03. The molecule has 0 aromatic carbocycles. The third kappa shape index (κ3) is 3.63. The number of aliphatic hydroxyl groups excluding tert-OH is 1. The third-order valence-electron chi connectivity index (χ3n) is 2.81. The Bertz CT molecular complexity index is 159. The summed E-state index contributed by atoms with van der Waals surface area (Å²) in [6, 6.07) is -0.0382. The molecule has 1 aliphatic heterocycles. The smallest absolute Gasteiger partial charge is 0.0583 e. The Hall–Kier alpha value is -0.120. The molecule has 0 aromatic rings. The monoisotopic (exact) mass is 186 g/mol. The molecule has 0 bridgehead atoms. The van der Waals surface area contributed by atoms with E-state index in [4.69, 9.17) is 10.8 Å². The molecule has 78 valence electrons. The van der Waals surface area contributed by atoms with Crippen LogP contribution >= 0.6 is 0 Å². The fourth-order valence-electron chi connectivity index (χ4n) is 1.85. The minimum absolute atomic E-state index is 0.0382. The molecule has 3 heteroatoms. The maximum atomic E-state index is 8.77. The van der Waals surface area contributed by atoms with Crippen molar-refractivity contribution in [1.29, 1.82) is 0 Å². The van der Waals surface area contributed by atoms with Crippen molar-refractivity contribution >= 4 is 0 Å². The van der Waals surface area contributed by atoms with Gasteiger partial charge in [0.2, 0.25) is 0 Å². The lowest BCUT2D eigenvalue weighted by molar-refractivity contribution is 0.232. The maximum Gasteiger partial charge on any atom is 0.0583 e. The van der Waals surface area contributed by atoms with Crippen molar-refractivity contribution in [1.82, 2.24) is 4.90 Å². The number of likely N-dealkylation sites (tertiary alicyclic amines) is 1. The Morgan fingerprint density at radius 2 is 2.23 bits per heavy atom. The van der Waals surface area contributed by atoms with Gasteiger partial charge in [-0.2, -0.15) is 0 Å². The lowest BCUT2D eigenvalue weighted by atomic mass is 9.93. The molecule has 0 saturated carbocycles. The fraction of sp³-hybridized carbons (Fsp3) is 1.00. The molecular formula is C10H22N2O. The summed E-state index contributed by atoms with van der Waals surface area (Å²) in [5.41, 5.74) is 6.12. The average molecular weight is 186 g/mol. The second-order valence-electron chi connectivity index (χ2n) is 4.92. The van der Waals surface area contributed by atoms with Gasteiger partial charge in [-0.25, -0.2) is 0 Å². The summed E-state index contributed by atoms with van der Waals surface area (Å²) in [6.07, 6.45) is 2.19. The zero-order valence-corrected chi connectivity index (χ0v) is 8.79. The van der Waals surface area contributed by atoms with E-state index in [0.29, 0.717) is 5.41 Å². The molecule has 1 atom stereocenters. The summed E-state index contributed by atoms with van der Waals surface area (Å²) in [4.78, 5) is 2.44. The summed E-state index contributed by atoms with van der Waals surface area (Å²) in [5.74, 6) is 0. The molecule has 3 nitrogen and oxygen atoms in total. The predicted molar refractivity (Wildman–Crippen MR) is 54.5 cm³/mol. The van der Waals surface area contributed by atoms with Gasteiger partial charge in [0.05, 0.1) is 6.61 Å². The van der Waals surface area contributed by atoms with E-state index < -0.39 is 0 Å². The molecule has 0 aromatic heterocycles. The highest BCUT2D eigenvalue weighted by molar-refractivity contribution is 4.82. The number of nitrogens with zero attached hydrogens (tertiary/aromatic N) is 1. The van der Waals surface area contributed by atoms with Crippen LogP contribution in [0.1, 0.15) is 26.7 Å². The number of nitrogens with two attached hydrogens (primary N) is 1. The second-order valence-corrected chi connectivity index (χ2v) is 4.92. The van der Waals surface area contributed by atoms with Gasteiger partial charge in [0.15, 0.2) is 0 Å². The second kappa shape index (κ2) is 4.40. The van der Waals surface area contributed by atoms with Crippen molar-refractivity contribution in [3.8, 4) is 0 Å². The van der Waals surface area contributed by atoms with Crippen molar-refractivity contribution in [3.63, 3.8) is 0 Å². The van der Waals surface area contributed by atoms with E-state index in [2.05, 4.69) is 18.7 Å². The van der Waals surface area contributed by atoms with Crippen molar-refractivity contribution in [2.45, 2.75) is 32.7 Å². The molecular weight excluding hydrogens is 164 g/mol. The van der Waals surface area contributed by atoms with Gasteiger partial charge in [-0.15, -0.1) is 0 Å². The molecule has 0 aliphatic carbocycles. The number of hydrogen-bond acceptors (Lipinski definition) is 3. The average Bonchev–Trinajstić information content (AvgIpc) is 2.41. The quantitative estimate of drug-likeness (QED) is 0.669. The number of hydrogen-bond donors (Lipinski definition) is 2. The van der Waals surface area contributed by atoms with Crippen LogP contribution < -0.4 is 5.73 Å². The van der Waals surface area contributed by atoms with Gasteiger partial charge < -0.3 is 15.7 Å². The van der Waals surface area contributed by atoms with E-state index in [1.54, 1.807) is 0 Å². The lowest BCUT2D eigenvalue weighted by Crippen LogP contribution is -2.32. The van der Waals surface area contributed by atoms with Crippen molar-refractivity contribution in [2.24, 2.45) is 11.1 Å². The van der Waals surface area contributed by atoms with E-state index >= 15 is 0 Å². The first-order valence-electron chi connectivity index (χ1n) is 5.12. The first-order valence-corrected chi connectivity index (χ1v) is 5.12. The maximum absolute atomic E-state index is 8.77. The molecule has 13 heavy (non-hydrogen) atoms. The Balaban J connectivity index is 2.17. The molecule has 1 heterocycles. The van der Waals surface area contributed by atoms with Crippen molar-refractivity contribution in [3.05, 3.63) is 0 Å². The zero-order valence-electron chi connectivity index (χ0n) is 8.79. The molecule has 1 fully saturated rings. The number of rotatable bonds is 4. The van der Waals surface area contributed by atoms with E-state index in [0.717, 1.165) is 13.0 Å². The minimum Gasteiger partial charge on any atom is -0.395 e. The van der Waals surface area contributed by atoms with Crippen LogP contribution in [0.15, 0.2) is 0 Å². The summed E-state index contributed by atoms with van der Waals surface area (Å²) in [7, 11) is 0. The highest BCUT2D eigenvalue weighted by Gasteiger charge is 2.28. The fourth-order valence-corrected chi connectivity index (χ4v) is 1.85. The van der Waals surface area contributed by atoms with Gasteiger partial charge in [-0.1, -0.05) is 13.8 Å². The molecule has 1 aliphatic rings. The van der Waals surface area contributed by atoms with Gasteiger partial charge in [0, 0.05) is 12.6 Å². The predicted octanol–water partition coefficient (Wildman–Crippen LogP) is 0.428. The Morgan fingerprint density at radius 3 is 2.69 bits per heavy atom. The third-order valence-corrected chi connectivity index (χ3v) is 2.81. The zero-order chi connectivity index (χ0) is 9.90. The largest absolute Gasteiger partial charge is 0.395 e. The highest BCUT2D eigenvalue weighted by atomic mass is 16.3. The molecule has 0 amide bonds. The topological polar surface area (TPSA) is 49.5 Å². The van der Waals surface area contributed by atoms with Crippen molar-refractivity contribution < 1.29 is 5.11 Å². The summed E-state index contributed by atoms with van der Waals surface area (Å²) < 4.78 is 0. The van der Waals surface area contributed by atoms with Gasteiger partial charge in [-0.3, -0.25) is 0 Å². The molecule has 3 N–H and O–H groups in total.